The average molecular weight is 474 g/mol. The van der Waals surface area contributed by atoms with Crippen LogP contribution < -0.4 is 16.0 Å². The molecule has 3 aromatic rings. The van der Waals surface area contributed by atoms with Gasteiger partial charge in [0.1, 0.15) is 0 Å². The predicted molar refractivity (Wildman–Crippen MR) is 139 cm³/mol. The van der Waals surface area contributed by atoms with Gasteiger partial charge in [-0.2, -0.15) is 0 Å². The molecule has 1 heterocycles. The largest absolute Gasteiger partial charge is 0.465 e. The number of anilines is 3. The lowest BCUT2D eigenvalue weighted by Crippen LogP contribution is -2.40. The van der Waals surface area contributed by atoms with Gasteiger partial charge in [0.25, 0.3) is 0 Å². The first-order valence-electron chi connectivity index (χ1n) is 11.4. The molecule has 0 radical (unpaired) electrons. The lowest BCUT2D eigenvalue weighted by molar-refractivity contribution is -0.117. The molecule has 0 spiro atoms. The Hall–Kier alpha value is -4.13. The number of methoxy groups -OCH3 is 1. The number of rotatable bonds is 3. The molecular weight excluding hydrogens is 442 g/mol. The van der Waals surface area contributed by atoms with Crippen molar-refractivity contribution in [3.8, 4) is 11.1 Å². The molecule has 2 amide bonds. The topological polar surface area (TPSA) is 102 Å². The summed E-state index contributed by atoms with van der Waals surface area (Å²) in [5.41, 5.74) is 11.7. The molecule has 7 nitrogen and oxygen atoms in total. The summed E-state index contributed by atoms with van der Waals surface area (Å²) in [4.78, 5) is 35.9. The lowest BCUT2D eigenvalue weighted by atomic mass is 9.93. The highest BCUT2D eigenvalue weighted by Crippen LogP contribution is 2.34. The number of amides is 2. The van der Waals surface area contributed by atoms with Gasteiger partial charge in [-0.15, -0.1) is 0 Å². The fraction of sp³-hybridized carbons (Fsp3) is 0.250. The van der Waals surface area contributed by atoms with Gasteiger partial charge < -0.3 is 20.7 Å². The van der Waals surface area contributed by atoms with Gasteiger partial charge in [0, 0.05) is 37.0 Å². The third-order valence-electron chi connectivity index (χ3n) is 5.80. The van der Waals surface area contributed by atoms with E-state index in [1.807, 2.05) is 41.3 Å². The highest BCUT2D eigenvalue weighted by Gasteiger charge is 2.26. The van der Waals surface area contributed by atoms with Crippen LogP contribution in [0, 0.1) is 0 Å². The summed E-state index contributed by atoms with van der Waals surface area (Å²) in [5, 5.41) is 2.81. The van der Waals surface area contributed by atoms with Crippen LogP contribution >= 0.6 is 0 Å². The van der Waals surface area contributed by atoms with E-state index in [9.17, 15) is 14.4 Å². The van der Waals surface area contributed by atoms with E-state index in [4.69, 9.17) is 5.73 Å². The standard InChI is InChI=1S/C20H22N2O2.C8H9NO2/c1-13-7-8-18-11-17(9-10-20(18)22(13)15(3)24)16-5-4-6-19(12-16)21-14(2)23;1-11-8(10)6-2-4-7(9)5-3-6/h4-6,9-13H,7-8H2,1-3H3,(H,21,23);2-5H,9H2,1H3/t13-;/m1./s1. The Morgan fingerprint density at radius 1 is 0.971 bits per heavy atom. The van der Waals surface area contributed by atoms with Crippen LogP contribution in [0.15, 0.2) is 66.7 Å². The van der Waals surface area contributed by atoms with Crippen LogP contribution in [-0.2, 0) is 20.7 Å². The number of esters is 1. The molecule has 3 aromatic carbocycles. The minimum atomic E-state index is -0.343. The Balaban J connectivity index is 0.000000261. The number of ether oxygens (including phenoxy) is 1. The van der Waals surface area contributed by atoms with Crippen molar-refractivity contribution in [2.75, 3.05) is 23.1 Å². The normalized spacial score (nSPS) is 14.2. The Labute approximate surface area is 205 Å². The number of benzene rings is 3. The molecule has 0 saturated carbocycles. The van der Waals surface area contributed by atoms with Crippen molar-refractivity contribution >= 4 is 34.8 Å². The molecule has 182 valence electrons. The predicted octanol–water partition coefficient (Wildman–Crippen LogP) is 5.06. The molecule has 35 heavy (non-hydrogen) atoms. The van der Waals surface area contributed by atoms with Gasteiger partial charge in [-0.25, -0.2) is 4.79 Å². The van der Waals surface area contributed by atoms with Gasteiger partial charge in [-0.05, 0) is 85.0 Å². The van der Waals surface area contributed by atoms with Crippen molar-refractivity contribution in [1.82, 2.24) is 0 Å². The molecule has 0 unspecified atom stereocenters. The second kappa shape index (κ2) is 11.3. The third kappa shape index (κ3) is 6.47. The number of nitrogens with two attached hydrogens (primary N) is 1. The molecule has 7 heteroatoms. The van der Waals surface area contributed by atoms with E-state index in [0.717, 1.165) is 35.3 Å². The van der Waals surface area contributed by atoms with E-state index in [1.54, 1.807) is 31.2 Å². The van der Waals surface area contributed by atoms with E-state index in [-0.39, 0.29) is 23.8 Å². The Morgan fingerprint density at radius 3 is 2.29 bits per heavy atom. The Morgan fingerprint density at radius 2 is 1.66 bits per heavy atom. The molecule has 0 saturated heterocycles. The molecule has 4 rings (SSSR count). The summed E-state index contributed by atoms with van der Waals surface area (Å²) in [7, 11) is 1.35. The van der Waals surface area contributed by atoms with E-state index in [2.05, 4.69) is 23.0 Å². The highest BCUT2D eigenvalue weighted by atomic mass is 16.5. The van der Waals surface area contributed by atoms with E-state index >= 15 is 0 Å². The van der Waals surface area contributed by atoms with Crippen molar-refractivity contribution in [1.29, 1.82) is 0 Å². The van der Waals surface area contributed by atoms with Gasteiger partial charge >= 0.3 is 5.97 Å². The Bertz CT molecular complexity index is 1220. The smallest absolute Gasteiger partial charge is 0.337 e. The number of nitrogens with zero attached hydrogens (tertiary/aromatic N) is 1. The number of carbonyl (C=O) groups is 3. The summed E-state index contributed by atoms with van der Waals surface area (Å²) >= 11 is 0. The fourth-order valence-corrected chi connectivity index (χ4v) is 4.13. The van der Waals surface area contributed by atoms with Gasteiger partial charge in [0.05, 0.1) is 12.7 Å². The Kier molecular flexibility index (Phi) is 8.25. The molecule has 0 fully saturated rings. The fourth-order valence-electron chi connectivity index (χ4n) is 4.13. The number of aryl methyl sites for hydroxylation is 1. The number of hydrogen-bond donors (Lipinski definition) is 2. The molecular formula is C28H31N3O4. The van der Waals surface area contributed by atoms with Crippen molar-refractivity contribution in [3.05, 3.63) is 77.9 Å². The lowest BCUT2D eigenvalue weighted by Gasteiger charge is -2.34. The summed E-state index contributed by atoms with van der Waals surface area (Å²) in [5.74, 6) is -0.336. The van der Waals surface area contributed by atoms with Crippen LogP contribution in [0.25, 0.3) is 11.1 Å². The average Bonchev–Trinajstić information content (AvgIpc) is 2.83. The van der Waals surface area contributed by atoms with Crippen molar-refractivity contribution in [3.63, 3.8) is 0 Å². The van der Waals surface area contributed by atoms with E-state index in [1.165, 1.54) is 19.6 Å². The van der Waals surface area contributed by atoms with Gasteiger partial charge in [0.2, 0.25) is 11.8 Å². The summed E-state index contributed by atoms with van der Waals surface area (Å²) in [6.07, 6.45) is 1.95. The molecule has 0 aliphatic carbocycles. The maximum Gasteiger partial charge on any atom is 0.337 e. The van der Waals surface area contributed by atoms with Crippen molar-refractivity contribution in [2.45, 2.75) is 39.7 Å². The molecule has 0 bridgehead atoms. The van der Waals surface area contributed by atoms with Gasteiger partial charge in [-0.1, -0.05) is 18.2 Å². The minimum absolute atomic E-state index is 0.0799. The zero-order valence-corrected chi connectivity index (χ0v) is 20.5. The van der Waals surface area contributed by atoms with Crippen LogP contribution in [0.2, 0.25) is 0 Å². The highest BCUT2D eigenvalue weighted by molar-refractivity contribution is 5.94. The van der Waals surface area contributed by atoms with E-state index < -0.39 is 0 Å². The molecule has 1 aliphatic rings. The second-order valence-corrected chi connectivity index (χ2v) is 8.50. The zero-order chi connectivity index (χ0) is 25.5. The minimum Gasteiger partial charge on any atom is -0.465 e. The number of carbonyl (C=O) groups excluding carboxylic acids is 3. The SMILES string of the molecule is CC(=O)Nc1cccc(-c2ccc3c(c2)CC[C@@H](C)N3C(C)=O)c1.COC(=O)c1ccc(N)cc1. The van der Waals surface area contributed by atoms with Crippen LogP contribution in [0.5, 0.6) is 0 Å². The molecule has 1 atom stereocenters. The van der Waals surface area contributed by atoms with E-state index in [0.29, 0.717) is 11.3 Å². The zero-order valence-electron chi connectivity index (χ0n) is 20.5. The number of fused-ring (bicyclic) bond motifs is 1. The van der Waals surface area contributed by atoms with Gasteiger partial charge in [-0.3, -0.25) is 9.59 Å². The van der Waals surface area contributed by atoms with Crippen molar-refractivity contribution < 1.29 is 19.1 Å². The summed E-state index contributed by atoms with van der Waals surface area (Å²) in [6, 6.07) is 20.9. The van der Waals surface area contributed by atoms with Crippen molar-refractivity contribution in [2.24, 2.45) is 0 Å². The van der Waals surface area contributed by atoms with Crippen LogP contribution in [0.4, 0.5) is 17.1 Å². The summed E-state index contributed by atoms with van der Waals surface area (Å²) < 4.78 is 4.50. The van der Waals surface area contributed by atoms with Gasteiger partial charge in [0.15, 0.2) is 0 Å². The van der Waals surface area contributed by atoms with Crippen LogP contribution in [0.3, 0.4) is 0 Å². The maximum absolute atomic E-state index is 12.0. The first kappa shape index (κ1) is 25.5. The summed E-state index contributed by atoms with van der Waals surface area (Å²) in [6.45, 7) is 5.22. The first-order valence-corrected chi connectivity index (χ1v) is 11.4. The number of hydrogen-bond acceptors (Lipinski definition) is 5. The molecule has 3 N–H and O–H groups in total. The second-order valence-electron chi connectivity index (χ2n) is 8.50. The monoisotopic (exact) mass is 473 g/mol. The first-order chi connectivity index (χ1) is 16.7. The third-order valence-corrected chi connectivity index (χ3v) is 5.80. The molecule has 0 aromatic heterocycles. The van der Waals surface area contributed by atoms with Crippen LogP contribution in [-0.4, -0.2) is 30.9 Å². The van der Waals surface area contributed by atoms with Crippen LogP contribution in [0.1, 0.15) is 43.1 Å². The number of nitrogens with one attached hydrogen (secondary N) is 1. The molecule has 1 aliphatic heterocycles. The quantitative estimate of drug-likeness (QED) is 0.409. The number of nitrogen functional groups attached to an aromatic ring is 1. The maximum atomic E-state index is 12.0.